The van der Waals surface area contributed by atoms with Crippen LogP contribution in [0.4, 0.5) is 0 Å². The van der Waals surface area contributed by atoms with Crippen molar-refractivity contribution in [2.75, 3.05) is 6.54 Å². The van der Waals surface area contributed by atoms with E-state index in [1.54, 1.807) is 6.07 Å². The molecule has 2 aliphatic rings. The van der Waals surface area contributed by atoms with E-state index in [0.717, 1.165) is 34.5 Å². The minimum atomic E-state index is -0.0796. The van der Waals surface area contributed by atoms with Crippen molar-refractivity contribution in [2.45, 2.75) is 24.3 Å². The maximum absolute atomic E-state index is 6.29. The van der Waals surface area contributed by atoms with Gasteiger partial charge < -0.3 is 9.32 Å². The maximum atomic E-state index is 6.29. The van der Waals surface area contributed by atoms with Gasteiger partial charge in [0.2, 0.25) is 0 Å². The van der Waals surface area contributed by atoms with Crippen molar-refractivity contribution >= 4 is 40.1 Å². The molecule has 1 fully saturated rings. The van der Waals surface area contributed by atoms with Gasteiger partial charge in [-0.15, -0.1) is 0 Å². The Morgan fingerprint density at radius 1 is 1.11 bits per heavy atom. The molecule has 2 aliphatic heterocycles. The normalized spacial score (nSPS) is 23.8. The Balaban J connectivity index is 1.53. The van der Waals surface area contributed by atoms with E-state index in [9.17, 15) is 0 Å². The molecule has 4 heterocycles. The summed E-state index contributed by atoms with van der Waals surface area (Å²) in [5.74, 6) is 1.65. The SMILES string of the molecule is C[C@@H]1CN2C(=N[C@H](c3ccccn3)[C@@H]2c2ccc(-c3ccc(Cl)c(Cl)c3)o2)S1. The minimum Gasteiger partial charge on any atom is -0.459 e. The average Bonchev–Trinajstić information content (AvgIpc) is 3.38. The first-order chi connectivity index (χ1) is 13.6. The number of fused-ring (bicyclic) bond motifs is 1. The highest BCUT2D eigenvalue weighted by Gasteiger charge is 2.45. The number of furan rings is 1. The van der Waals surface area contributed by atoms with Gasteiger partial charge in [0.05, 0.1) is 15.7 Å². The van der Waals surface area contributed by atoms with E-state index in [-0.39, 0.29) is 12.1 Å². The largest absolute Gasteiger partial charge is 0.459 e. The van der Waals surface area contributed by atoms with Gasteiger partial charge in [-0.1, -0.05) is 48.0 Å². The molecule has 0 bridgehead atoms. The Bertz CT molecular complexity index is 1050. The molecule has 0 unspecified atom stereocenters. The quantitative estimate of drug-likeness (QED) is 0.494. The second kappa shape index (κ2) is 7.14. The molecule has 2 aromatic heterocycles. The van der Waals surface area contributed by atoms with E-state index in [4.69, 9.17) is 32.6 Å². The van der Waals surface area contributed by atoms with E-state index in [2.05, 4.69) is 16.8 Å². The number of aliphatic imine (C=N–C) groups is 1. The number of thioether (sulfide) groups is 1. The Morgan fingerprint density at radius 2 is 2.00 bits per heavy atom. The topological polar surface area (TPSA) is 41.6 Å². The lowest BCUT2D eigenvalue weighted by Crippen LogP contribution is -2.28. The molecule has 1 aromatic carbocycles. The molecule has 0 spiro atoms. The van der Waals surface area contributed by atoms with Crippen molar-refractivity contribution in [3.05, 3.63) is 76.2 Å². The van der Waals surface area contributed by atoms with E-state index in [0.29, 0.717) is 15.3 Å². The van der Waals surface area contributed by atoms with Gasteiger partial charge in [-0.25, -0.2) is 4.99 Å². The van der Waals surface area contributed by atoms with Crippen LogP contribution in [-0.2, 0) is 0 Å². The summed E-state index contributed by atoms with van der Waals surface area (Å²) in [6, 6.07) is 15.4. The van der Waals surface area contributed by atoms with Crippen LogP contribution >= 0.6 is 35.0 Å². The standard InChI is InChI=1S/C21H17Cl2N3OS/c1-12-11-26-20(19(25-21(26)28-12)16-4-2-3-9-24-16)18-8-7-17(27-18)13-5-6-14(22)15(23)10-13/h2-10,12,19-20H,11H2,1H3/t12-,19-,20+/m1/s1. The third kappa shape index (κ3) is 3.11. The van der Waals surface area contributed by atoms with Crippen LogP contribution in [-0.4, -0.2) is 26.8 Å². The molecule has 4 nitrogen and oxygen atoms in total. The van der Waals surface area contributed by atoms with Gasteiger partial charge >= 0.3 is 0 Å². The number of aromatic nitrogens is 1. The minimum absolute atomic E-state index is 0.00104. The third-order valence-electron chi connectivity index (χ3n) is 5.00. The molecule has 142 valence electrons. The Labute approximate surface area is 177 Å². The molecule has 28 heavy (non-hydrogen) atoms. The summed E-state index contributed by atoms with van der Waals surface area (Å²) in [5, 5.41) is 2.63. The fourth-order valence-electron chi connectivity index (χ4n) is 3.74. The molecule has 3 atom stereocenters. The van der Waals surface area contributed by atoms with E-state index >= 15 is 0 Å². The third-order valence-corrected chi connectivity index (χ3v) is 6.84. The van der Waals surface area contributed by atoms with Crippen molar-refractivity contribution in [3.8, 4) is 11.3 Å². The molecule has 0 N–H and O–H groups in total. The maximum Gasteiger partial charge on any atom is 0.161 e. The van der Waals surface area contributed by atoms with Crippen molar-refractivity contribution in [1.82, 2.24) is 9.88 Å². The first kappa shape index (κ1) is 18.1. The number of halogens is 2. The van der Waals surface area contributed by atoms with Gasteiger partial charge in [0.1, 0.15) is 23.6 Å². The van der Waals surface area contributed by atoms with Gasteiger partial charge in [0.25, 0.3) is 0 Å². The predicted molar refractivity (Wildman–Crippen MR) is 115 cm³/mol. The van der Waals surface area contributed by atoms with Crippen LogP contribution in [0.5, 0.6) is 0 Å². The second-order valence-corrected chi connectivity index (χ2v) is 9.19. The second-order valence-electron chi connectivity index (χ2n) is 6.97. The Kier molecular flexibility index (Phi) is 4.62. The van der Waals surface area contributed by atoms with Crippen LogP contribution < -0.4 is 0 Å². The van der Waals surface area contributed by atoms with Crippen LogP contribution in [0.3, 0.4) is 0 Å². The zero-order chi connectivity index (χ0) is 19.3. The molecule has 1 saturated heterocycles. The Morgan fingerprint density at radius 3 is 2.79 bits per heavy atom. The summed E-state index contributed by atoms with van der Waals surface area (Å²) >= 11 is 14.0. The number of benzene rings is 1. The highest BCUT2D eigenvalue weighted by atomic mass is 35.5. The highest BCUT2D eigenvalue weighted by Crippen LogP contribution is 2.48. The monoisotopic (exact) mass is 429 g/mol. The fourth-order valence-corrected chi connectivity index (χ4v) is 5.13. The van der Waals surface area contributed by atoms with Gasteiger partial charge in [-0.05, 0) is 42.5 Å². The average molecular weight is 430 g/mol. The van der Waals surface area contributed by atoms with Crippen LogP contribution in [0.1, 0.15) is 30.5 Å². The van der Waals surface area contributed by atoms with Crippen LogP contribution in [0.2, 0.25) is 10.0 Å². The number of pyridine rings is 1. The number of hydrogen-bond acceptors (Lipinski definition) is 5. The summed E-state index contributed by atoms with van der Waals surface area (Å²) in [7, 11) is 0. The van der Waals surface area contributed by atoms with Crippen molar-refractivity contribution in [1.29, 1.82) is 0 Å². The van der Waals surface area contributed by atoms with Gasteiger partial charge in [0, 0.05) is 23.6 Å². The molecular formula is C21H17Cl2N3OS. The van der Waals surface area contributed by atoms with Gasteiger partial charge in [0.15, 0.2) is 5.17 Å². The summed E-state index contributed by atoms with van der Waals surface area (Å²) < 4.78 is 6.29. The number of rotatable bonds is 3. The lowest BCUT2D eigenvalue weighted by Gasteiger charge is -2.25. The number of hydrogen-bond donors (Lipinski definition) is 0. The number of amidine groups is 1. The molecular weight excluding hydrogens is 413 g/mol. The van der Waals surface area contributed by atoms with Crippen molar-refractivity contribution in [3.63, 3.8) is 0 Å². The molecule has 0 amide bonds. The van der Waals surface area contributed by atoms with Crippen LogP contribution in [0.15, 0.2) is 64.1 Å². The number of nitrogens with zero attached hydrogens (tertiary/aromatic N) is 3. The van der Waals surface area contributed by atoms with Crippen LogP contribution in [0, 0.1) is 0 Å². The first-order valence-electron chi connectivity index (χ1n) is 9.07. The van der Waals surface area contributed by atoms with Gasteiger partial charge in [-0.3, -0.25) is 4.98 Å². The van der Waals surface area contributed by atoms with E-state index in [1.807, 2.05) is 60.4 Å². The zero-order valence-electron chi connectivity index (χ0n) is 15.0. The summed E-state index contributed by atoms with van der Waals surface area (Å²) in [6.45, 7) is 3.17. The first-order valence-corrected chi connectivity index (χ1v) is 10.7. The fraction of sp³-hybridized carbons (Fsp3) is 0.238. The smallest absolute Gasteiger partial charge is 0.161 e. The summed E-state index contributed by atoms with van der Waals surface area (Å²) in [6.07, 6.45) is 1.81. The highest BCUT2D eigenvalue weighted by molar-refractivity contribution is 8.14. The predicted octanol–water partition coefficient (Wildman–Crippen LogP) is 6.24. The lowest BCUT2D eigenvalue weighted by atomic mass is 10.0. The lowest BCUT2D eigenvalue weighted by molar-refractivity contribution is 0.277. The molecule has 7 heteroatoms. The van der Waals surface area contributed by atoms with Crippen LogP contribution in [0.25, 0.3) is 11.3 Å². The Hall–Kier alpha value is -1.95. The molecule has 5 rings (SSSR count). The molecule has 3 aromatic rings. The van der Waals surface area contributed by atoms with E-state index < -0.39 is 0 Å². The van der Waals surface area contributed by atoms with Crippen molar-refractivity contribution < 1.29 is 4.42 Å². The summed E-state index contributed by atoms with van der Waals surface area (Å²) in [4.78, 5) is 11.9. The molecule has 0 saturated carbocycles. The van der Waals surface area contributed by atoms with Crippen molar-refractivity contribution in [2.24, 2.45) is 4.99 Å². The molecule has 0 aliphatic carbocycles. The molecule has 0 radical (unpaired) electrons. The van der Waals surface area contributed by atoms with E-state index in [1.165, 1.54) is 0 Å². The summed E-state index contributed by atoms with van der Waals surface area (Å²) in [5.41, 5.74) is 1.86. The van der Waals surface area contributed by atoms with Gasteiger partial charge in [-0.2, -0.15) is 0 Å². The zero-order valence-corrected chi connectivity index (χ0v) is 17.4.